The average Bonchev–Trinajstić information content (AvgIpc) is 2.90. The number of aliphatic hydroxyl groups is 2. The minimum atomic E-state index is -2.31. The van der Waals surface area contributed by atoms with E-state index in [2.05, 4.69) is 42.9 Å². The number of rotatable bonds is 18. The second-order valence-electron chi connectivity index (χ2n) is 10.9. The van der Waals surface area contributed by atoms with Crippen LogP contribution in [0.25, 0.3) is 0 Å². The van der Waals surface area contributed by atoms with E-state index in [0.717, 1.165) is 38.3 Å². The van der Waals surface area contributed by atoms with Gasteiger partial charge in [0.1, 0.15) is 6.10 Å². The van der Waals surface area contributed by atoms with Crippen LogP contribution < -0.4 is 10.6 Å². The first-order chi connectivity index (χ1) is 18.0. The number of benzene rings is 2. The number of hydrogen-bond donors (Lipinski definition) is 3. The molecule has 2 atom stereocenters. The summed E-state index contributed by atoms with van der Waals surface area (Å²) in [7, 11) is 0. The Bertz CT molecular complexity index is 996. The summed E-state index contributed by atoms with van der Waals surface area (Å²) in [5, 5.41) is 34.8. The normalized spacial score (nSPS) is 14.3. The van der Waals surface area contributed by atoms with Crippen LogP contribution in [0.15, 0.2) is 54.6 Å². The molecule has 9 heteroatoms. The van der Waals surface area contributed by atoms with Crippen molar-refractivity contribution in [1.29, 1.82) is 0 Å². The van der Waals surface area contributed by atoms with Gasteiger partial charge in [-0.1, -0.05) is 0 Å². The van der Waals surface area contributed by atoms with Gasteiger partial charge in [-0.3, -0.25) is 14.9 Å². The number of hydrogen-bond acceptors (Lipinski definition) is 5. The molecule has 0 spiro atoms. The van der Waals surface area contributed by atoms with E-state index in [1.54, 1.807) is 0 Å². The number of nitrogens with one attached hydrogen (secondary N) is 1. The molecule has 2 rings (SSSR count). The van der Waals surface area contributed by atoms with Gasteiger partial charge in [0.2, 0.25) is 0 Å². The number of nitro benzene ring substituents is 1. The second-order valence-corrected chi connectivity index (χ2v) is 19.5. The molecule has 0 radical (unpaired) electrons. The third-order valence-corrected chi connectivity index (χ3v) is 11.7. The number of amides is 1. The van der Waals surface area contributed by atoms with Crippen LogP contribution in [0, 0.1) is 10.1 Å². The molecular weight excluding hydrogens is 523 g/mol. The van der Waals surface area contributed by atoms with Gasteiger partial charge in [-0.2, -0.15) is 0 Å². The number of nitro groups is 1. The van der Waals surface area contributed by atoms with Crippen LogP contribution in [0.5, 0.6) is 0 Å². The SMILES string of the molecule is CP(C)(Cl)(CCCCCCCCCCCC(=O)N[C@H](CO)[C@H](O)c1ccc([N+](=O)[O-])cc1)c1ccccc1. The van der Waals surface area contributed by atoms with Crippen molar-refractivity contribution in [3.8, 4) is 0 Å². The van der Waals surface area contributed by atoms with Crippen molar-refractivity contribution < 1.29 is 19.9 Å². The first-order valence-corrected chi connectivity index (χ1v) is 17.8. The summed E-state index contributed by atoms with van der Waals surface area (Å²) < 4.78 is 0. The van der Waals surface area contributed by atoms with Crippen molar-refractivity contribution in [2.45, 2.75) is 76.4 Å². The quantitative estimate of drug-likeness (QED) is 0.0848. The minimum absolute atomic E-state index is 0.0842. The van der Waals surface area contributed by atoms with Crippen molar-refractivity contribution in [1.82, 2.24) is 5.32 Å². The zero-order chi connectivity index (χ0) is 28.0. The predicted molar refractivity (Wildman–Crippen MR) is 159 cm³/mol. The van der Waals surface area contributed by atoms with Crippen LogP contribution in [0.4, 0.5) is 5.69 Å². The van der Waals surface area contributed by atoms with E-state index in [9.17, 15) is 25.1 Å². The Morgan fingerprint density at radius 1 is 0.921 bits per heavy atom. The number of non-ortho nitro benzene ring substituents is 1. The van der Waals surface area contributed by atoms with Crippen LogP contribution in [0.3, 0.4) is 0 Å². The van der Waals surface area contributed by atoms with Crippen LogP contribution in [-0.2, 0) is 4.79 Å². The van der Waals surface area contributed by atoms with Crippen molar-refractivity contribution in [2.75, 3.05) is 26.1 Å². The Labute approximate surface area is 231 Å². The van der Waals surface area contributed by atoms with E-state index >= 15 is 0 Å². The molecule has 0 aromatic heterocycles. The zero-order valence-electron chi connectivity index (χ0n) is 22.7. The van der Waals surface area contributed by atoms with E-state index in [-0.39, 0.29) is 11.6 Å². The summed E-state index contributed by atoms with van der Waals surface area (Å²) in [6.07, 6.45) is 10.2. The molecule has 0 bridgehead atoms. The molecule has 0 saturated heterocycles. The third-order valence-electron chi connectivity index (χ3n) is 7.13. The summed E-state index contributed by atoms with van der Waals surface area (Å²) in [6, 6.07) is 15.1. The van der Waals surface area contributed by atoms with E-state index in [4.69, 9.17) is 11.2 Å². The molecule has 0 fully saturated rings. The van der Waals surface area contributed by atoms with Crippen molar-refractivity contribution in [2.24, 2.45) is 0 Å². The molecule has 2 aromatic rings. The number of carbonyl (C=O) groups excluding carboxylic acids is 1. The Balaban J connectivity index is 1.54. The van der Waals surface area contributed by atoms with Crippen molar-refractivity contribution in [3.05, 3.63) is 70.3 Å². The van der Waals surface area contributed by atoms with Gasteiger partial charge in [0.05, 0.1) is 17.6 Å². The summed E-state index contributed by atoms with van der Waals surface area (Å²) in [5.41, 5.74) is 0.318. The molecule has 1 amide bonds. The number of halogens is 1. The van der Waals surface area contributed by atoms with E-state index < -0.39 is 29.6 Å². The molecule has 0 aliphatic heterocycles. The molecular formula is C29H44ClN2O5P. The predicted octanol–water partition coefficient (Wildman–Crippen LogP) is 6.30. The standard InChI is InChI=1S/C29H44ClN2O5P/c1-38(2,30,26-15-11-10-12-16-26)22-14-9-7-5-3-4-6-8-13-17-28(34)31-27(23-33)29(35)24-18-20-25(21-19-24)32(36)37/h10-12,15-16,18-21,27,29,33,35H,3-9,13-14,17,22-23H2,1-2H3,(H,31,34)/t27-,29-/m1/s1. The van der Waals surface area contributed by atoms with Crippen LogP contribution >= 0.6 is 17.2 Å². The van der Waals surface area contributed by atoms with Crippen LogP contribution in [0.1, 0.15) is 75.9 Å². The first-order valence-electron chi connectivity index (χ1n) is 13.6. The van der Waals surface area contributed by atoms with Gasteiger partial charge in [-0.05, 0) is 17.7 Å². The van der Waals surface area contributed by atoms with E-state index in [0.29, 0.717) is 12.0 Å². The number of unbranched alkanes of at least 4 members (excludes halogenated alkanes) is 8. The van der Waals surface area contributed by atoms with Gasteiger partial charge in [-0.15, -0.1) is 0 Å². The number of aliphatic hydroxyl groups excluding tert-OH is 2. The molecule has 212 valence electrons. The zero-order valence-corrected chi connectivity index (χ0v) is 24.4. The topological polar surface area (TPSA) is 113 Å². The molecule has 2 aromatic carbocycles. The molecule has 0 aliphatic carbocycles. The molecule has 0 aliphatic rings. The van der Waals surface area contributed by atoms with Crippen molar-refractivity contribution >= 4 is 34.1 Å². The molecule has 0 unspecified atom stereocenters. The van der Waals surface area contributed by atoms with E-state index in [1.807, 2.05) is 6.07 Å². The van der Waals surface area contributed by atoms with Gasteiger partial charge >= 0.3 is 142 Å². The summed E-state index contributed by atoms with van der Waals surface area (Å²) in [4.78, 5) is 22.5. The Morgan fingerprint density at radius 3 is 1.97 bits per heavy atom. The fourth-order valence-corrected chi connectivity index (χ4v) is 7.82. The Hall–Kier alpha value is -2.05. The summed E-state index contributed by atoms with van der Waals surface area (Å²) in [6.45, 7) is 4.06. The van der Waals surface area contributed by atoms with Gasteiger partial charge in [0.25, 0.3) is 5.69 Å². The van der Waals surface area contributed by atoms with Gasteiger partial charge in [0, 0.05) is 12.1 Å². The van der Waals surface area contributed by atoms with Gasteiger partial charge < -0.3 is 15.5 Å². The fourth-order valence-electron chi connectivity index (χ4n) is 4.64. The van der Waals surface area contributed by atoms with Gasteiger partial charge in [0.15, 0.2) is 0 Å². The molecule has 7 nitrogen and oxygen atoms in total. The monoisotopic (exact) mass is 566 g/mol. The van der Waals surface area contributed by atoms with Crippen LogP contribution in [0.2, 0.25) is 0 Å². The summed E-state index contributed by atoms with van der Waals surface area (Å²) in [5.74, 6) is -2.53. The van der Waals surface area contributed by atoms with Crippen LogP contribution in [-0.4, -0.2) is 53.2 Å². The second kappa shape index (κ2) is 15.5. The average molecular weight is 567 g/mol. The molecule has 38 heavy (non-hydrogen) atoms. The van der Waals surface area contributed by atoms with Crippen molar-refractivity contribution in [3.63, 3.8) is 0 Å². The molecule has 0 heterocycles. The maximum absolute atomic E-state index is 12.3. The van der Waals surface area contributed by atoms with Gasteiger partial charge in [-0.25, -0.2) is 0 Å². The number of nitrogens with zero attached hydrogens (tertiary/aromatic N) is 1. The maximum atomic E-state index is 12.3. The third kappa shape index (κ3) is 11.0. The Morgan fingerprint density at radius 2 is 1.45 bits per heavy atom. The number of carbonyl (C=O) groups is 1. The van der Waals surface area contributed by atoms with E-state index in [1.165, 1.54) is 55.3 Å². The fraction of sp³-hybridized carbons (Fsp3) is 0.552. The molecule has 3 N–H and O–H groups in total. The summed E-state index contributed by atoms with van der Waals surface area (Å²) >= 11 is 7.10. The molecule has 0 saturated carbocycles. The first kappa shape index (κ1) is 32.2. The Kier molecular flexibility index (Phi) is 13.1.